The molecule has 0 bridgehead atoms. The minimum atomic E-state index is 0. The zero-order chi connectivity index (χ0) is 21.4. The zero-order valence-corrected chi connectivity index (χ0v) is 19.5. The van der Waals surface area contributed by atoms with Crippen LogP contribution in [0.2, 0.25) is 0 Å². The number of phenols is 1. The summed E-state index contributed by atoms with van der Waals surface area (Å²) in [6, 6.07) is 14.0. The summed E-state index contributed by atoms with van der Waals surface area (Å²) >= 11 is 1.63. The molecule has 33 heavy (non-hydrogen) atoms. The first-order valence-electron chi connectivity index (χ1n) is 10.5. The van der Waals surface area contributed by atoms with Crippen LogP contribution in [0.25, 0.3) is 22.2 Å². The maximum Gasteiger partial charge on any atom is 0.140 e. The number of nitrogens with zero attached hydrogens (tertiary/aromatic N) is 3. The highest BCUT2D eigenvalue weighted by atomic mass is 32.2. The van der Waals surface area contributed by atoms with Crippen LogP contribution in [0, 0.1) is 0 Å². The van der Waals surface area contributed by atoms with E-state index in [1.807, 2.05) is 24.6 Å². The SMILES string of the molecule is CCc1cc(O)ccc1-c1cc2[nH]ncc2c(N2CCc3c(cccc3NSC)C2)n1.O.O. The number of fused-ring (bicyclic) bond motifs is 2. The monoisotopic (exact) mass is 467 g/mol. The Morgan fingerprint density at radius 2 is 2.03 bits per heavy atom. The molecular weight excluding hydrogens is 438 g/mol. The second-order valence-corrected chi connectivity index (χ2v) is 8.39. The maximum atomic E-state index is 9.91. The van der Waals surface area contributed by atoms with E-state index in [9.17, 15) is 5.11 Å². The van der Waals surface area contributed by atoms with Gasteiger partial charge in [0, 0.05) is 30.6 Å². The molecule has 0 atom stereocenters. The van der Waals surface area contributed by atoms with Gasteiger partial charge in [-0.1, -0.05) is 31.0 Å². The summed E-state index contributed by atoms with van der Waals surface area (Å²) in [5.74, 6) is 1.23. The molecule has 0 saturated carbocycles. The van der Waals surface area contributed by atoms with Gasteiger partial charge >= 0.3 is 0 Å². The Kier molecular flexibility index (Phi) is 7.47. The Morgan fingerprint density at radius 1 is 1.18 bits per heavy atom. The minimum absolute atomic E-state index is 0. The lowest BCUT2D eigenvalue weighted by Crippen LogP contribution is -2.31. The Morgan fingerprint density at radius 3 is 2.82 bits per heavy atom. The van der Waals surface area contributed by atoms with Gasteiger partial charge < -0.3 is 25.7 Å². The number of aryl methyl sites for hydroxylation is 1. The third kappa shape index (κ3) is 4.47. The van der Waals surface area contributed by atoms with Crippen LogP contribution < -0.4 is 9.62 Å². The molecule has 0 radical (unpaired) electrons. The van der Waals surface area contributed by atoms with E-state index in [0.717, 1.165) is 59.5 Å². The van der Waals surface area contributed by atoms with Crippen molar-refractivity contribution in [2.45, 2.75) is 26.3 Å². The smallest absolute Gasteiger partial charge is 0.140 e. The molecule has 0 spiro atoms. The molecule has 0 unspecified atom stereocenters. The molecule has 1 aliphatic heterocycles. The van der Waals surface area contributed by atoms with E-state index in [-0.39, 0.29) is 16.7 Å². The highest BCUT2D eigenvalue weighted by Gasteiger charge is 2.23. The van der Waals surface area contributed by atoms with E-state index >= 15 is 0 Å². The van der Waals surface area contributed by atoms with Gasteiger partial charge in [-0.15, -0.1) is 0 Å². The predicted octanol–water partition coefficient (Wildman–Crippen LogP) is 3.50. The fourth-order valence-electron chi connectivity index (χ4n) is 4.43. The van der Waals surface area contributed by atoms with Gasteiger partial charge in [0.15, 0.2) is 0 Å². The van der Waals surface area contributed by atoms with Gasteiger partial charge in [0.1, 0.15) is 11.6 Å². The van der Waals surface area contributed by atoms with Crippen LogP contribution in [-0.4, -0.2) is 44.0 Å². The van der Waals surface area contributed by atoms with Crippen molar-refractivity contribution in [2.75, 3.05) is 22.4 Å². The number of aromatic amines is 1. The van der Waals surface area contributed by atoms with E-state index in [2.05, 4.69) is 51.0 Å². The molecule has 5 rings (SSSR count). The van der Waals surface area contributed by atoms with Gasteiger partial charge in [-0.2, -0.15) is 5.10 Å². The van der Waals surface area contributed by atoms with Crippen molar-refractivity contribution >= 4 is 34.4 Å². The van der Waals surface area contributed by atoms with Gasteiger partial charge in [0.25, 0.3) is 0 Å². The molecule has 3 heterocycles. The summed E-state index contributed by atoms with van der Waals surface area (Å²) in [7, 11) is 0. The lowest BCUT2D eigenvalue weighted by molar-refractivity contribution is 0.474. The van der Waals surface area contributed by atoms with Crippen molar-refractivity contribution in [1.29, 1.82) is 0 Å². The quantitative estimate of drug-likeness (QED) is 0.384. The topological polar surface area (TPSA) is 140 Å². The van der Waals surface area contributed by atoms with Crippen LogP contribution in [-0.2, 0) is 19.4 Å². The first kappa shape index (κ1) is 24.4. The van der Waals surface area contributed by atoms with E-state index in [0.29, 0.717) is 0 Å². The second kappa shape index (κ2) is 10.1. The fraction of sp³-hybridized carbons (Fsp3) is 0.250. The van der Waals surface area contributed by atoms with Gasteiger partial charge in [-0.05, 0) is 59.9 Å². The lowest BCUT2D eigenvalue weighted by Gasteiger charge is -2.31. The number of rotatable bonds is 5. The molecular formula is C24H29N5O3S. The van der Waals surface area contributed by atoms with Crippen LogP contribution in [0.1, 0.15) is 23.6 Å². The van der Waals surface area contributed by atoms with Crippen molar-refractivity contribution in [3.8, 4) is 17.0 Å². The Labute approximate surface area is 196 Å². The Balaban J connectivity index is 0.00000153. The average Bonchev–Trinajstić information content (AvgIpc) is 3.27. The van der Waals surface area contributed by atoms with Crippen molar-refractivity contribution in [2.24, 2.45) is 0 Å². The molecule has 4 aromatic rings. The number of hydrogen-bond donors (Lipinski definition) is 3. The summed E-state index contributed by atoms with van der Waals surface area (Å²) in [6.45, 7) is 3.80. The van der Waals surface area contributed by atoms with E-state index in [1.165, 1.54) is 16.8 Å². The number of aromatic nitrogens is 3. The van der Waals surface area contributed by atoms with Crippen LogP contribution in [0.4, 0.5) is 11.5 Å². The van der Waals surface area contributed by atoms with E-state index < -0.39 is 0 Å². The maximum absolute atomic E-state index is 9.91. The Bertz CT molecular complexity index is 1260. The average molecular weight is 468 g/mol. The van der Waals surface area contributed by atoms with E-state index in [1.54, 1.807) is 18.0 Å². The zero-order valence-electron chi connectivity index (χ0n) is 18.6. The first-order chi connectivity index (χ1) is 15.2. The number of pyridine rings is 1. The van der Waals surface area contributed by atoms with Gasteiger partial charge in [-0.3, -0.25) is 5.10 Å². The molecule has 2 aromatic heterocycles. The van der Waals surface area contributed by atoms with Crippen LogP contribution in [0.5, 0.6) is 5.75 Å². The molecule has 0 amide bonds. The predicted molar refractivity (Wildman–Crippen MR) is 136 cm³/mol. The van der Waals surface area contributed by atoms with Gasteiger partial charge in [-0.25, -0.2) is 4.98 Å². The summed E-state index contributed by atoms with van der Waals surface area (Å²) in [6.07, 6.45) is 5.70. The molecule has 0 fully saturated rings. The summed E-state index contributed by atoms with van der Waals surface area (Å²) in [5, 5.41) is 18.4. The van der Waals surface area contributed by atoms with Crippen LogP contribution in [0.15, 0.2) is 48.7 Å². The number of nitrogens with one attached hydrogen (secondary N) is 2. The number of H-pyrrole nitrogens is 1. The van der Waals surface area contributed by atoms with Crippen molar-refractivity contribution in [3.63, 3.8) is 0 Å². The number of hydrogen-bond acceptors (Lipinski definition) is 6. The van der Waals surface area contributed by atoms with Gasteiger partial charge in [0.05, 0.1) is 22.8 Å². The van der Waals surface area contributed by atoms with E-state index in [4.69, 9.17) is 4.98 Å². The molecule has 8 nitrogen and oxygen atoms in total. The molecule has 0 saturated heterocycles. The summed E-state index contributed by atoms with van der Waals surface area (Å²) in [5.41, 5.74) is 7.91. The van der Waals surface area contributed by atoms with Gasteiger partial charge in [0.2, 0.25) is 0 Å². The molecule has 2 aromatic carbocycles. The molecule has 9 heteroatoms. The summed E-state index contributed by atoms with van der Waals surface area (Å²) in [4.78, 5) is 7.45. The van der Waals surface area contributed by atoms with Crippen molar-refractivity contribution in [1.82, 2.24) is 15.2 Å². The second-order valence-electron chi connectivity index (χ2n) is 7.78. The molecule has 1 aliphatic rings. The first-order valence-corrected chi connectivity index (χ1v) is 11.7. The molecule has 7 N–H and O–H groups in total. The fourth-order valence-corrected chi connectivity index (χ4v) is 4.84. The highest BCUT2D eigenvalue weighted by molar-refractivity contribution is 7.99. The van der Waals surface area contributed by atoms with Crippen LogP contribution in [0.3, 0.4) is 0 Å². The molecule has 174 valence electrons. The number of anilines is 2. The van der Waals surface area contributed by atoms with Crippen LogP contribution >= 0.6 is 11.9 Å². The lowest BCUT2D eigenvalue weighted by atomic mass is 9.97. The number of aromatic hydroxyl groups is 1. The normalized spacial score (nSPS) is 12.6. The minimum Gasteiger partial charge on any atom is -0.508 e. The van der Waals surface area contributed by atoms with Crippen molar-refractivity contribution in [3.05, 3.63) is 65.4 Å². The number of benzene rings is 2. The number of phenolic OH excluding ortho intramolecular Hbond substituents is 1. The molecule has 0 aliphatic carbocycles. The largest absolute Gasteiger partial charge is 0.508 e. The van der Waals surface area contributed by atoms with Crippen molar-refractivity contribution < 1.29 is 16.1 Å². The summed E-state index contributed by atoms with van der Waals surface area (Å²) < 4.78 is 3.41. The standard InChI is InChI=1S/C24H25N5OS.2H2O/c1-3-15-11-17(30)7-8-18(15)22-12-23-20(13-25-27-23)24(26-22)29-10-9-19-16(14-29)5-4-6-21(19)28-31-2;;/h4-8,11-13,28,30H,3,9-10,14H2,1-2H3,(H,25,27);2*1H2. The highest BCUT2D eigenvalue weighted by Crippen LogP contribution is 2.35. The third-order valence-corrected chi connectivity index (χ3v) is 6.36. The Hall–Kier alpha value is -3.27. The third-order valence-electron chi connectivity index (χ3n) is 5.94.